The third-order valence-corrected chi connectivity index (χ3v) is 6.61. The molecule has 3 fully saturated rings. The van der Waals surface area contributed by atoms with Crippen LogP contribution in [0, 0.1) is 23.7 Å². The summed E-state index contributed by atoms with van der Waals surface area (Å²) in [4.78, 5) is 27.8. The van der Waals surface area contributed by atoms with E-state index in [-0.39, 0.29) is 35.5 Å². The number of carbonyl (C=O) groups excluding carboxylic acids is 2. The van der Waals surface area contributed by atoms with Crippen LogP contribution in [-0.2, 0) is 9.59 Å². The van der Waals surface area contributed by atoms with Crippen molar-refractivity contribution in [3.05, 3.63) is 47.6 Å². The first-order valence-corrected chi connectivity index (χ1v) is 9.62. The largest absolute Gasteiger partial charge is 0.497 e. The summed E-state index contributed by atoms with van der Waals surface area (Å²) in [5.41, 5.74) is 3.60. The van der Waals surface area contributed by atoms with Gasteiger partial charge in [-0.1, -0.05) is 29.7 Å². The molecule has 2 amide bonds. The molecular weight excluding hydrogens is 326 g/mol. The number of hydrogen-bond donors (Lipinski definition) is 0. The van der Waals surface area contributed by atoms with Gasteiger partial charge in [0, 0.05) is 11.8 Å². The van der Waals surface area contributed by atoms with Gasteiger partial charge in [-0.25, -0.2) is 4.90 Å². The second kappa shape index (κ2) is 5.83. The van der Waals surface area contributed by atoms with E-state index in [4.69, 9.17) is 4.74 Å². The topological polar surface area (TPSA) is 46.6 Å². The van der Waals surface area contributed by atoms with Gasteiger partial charge in [0.2, 0.25) is 11.8 Å². The molecule has 3 aliphatic carbocycles. The maximum Gasteiger partial charge on any atom is 0.238 e. The minimum absolute atomic E-state index is 0.0315. The van der Waals surface area contributed by atoms with Gasteiger partial charge in [0.05, 0.1) is 24.6 Å². The number of benzene rings is 1. The zero-order valence-electron chi connectivity index (χ0n) is 15.0. The highest BCUT2D eigenvalue weighted by molar-refractivity contribution is 6.23. The van der Waals surface area contributed by atoms with Gasteiger partial charge in [0.1, 0.15) is 5.75 Å². The van der Waals surface area contributed by atoms with Gasteiger partial charge in [-0.15, -0.1) is 0 Å². The number of methoxy groups -OCH3 is 1. The van der Waals surface area contributed by atoms with Crippen molar-refractivity contribution >= 4 is 17.5 Å². The van der Waals surface area contributed by atoms with Gasteiger partial charge < -0.3 is 4.74 Å². The zero-order valence-corrected chi connectivity index (χ0v) is 15.0. The molecule has 0 N–H and O–H groups in total. The van der Waals surface area contributed by atoms with Crippen LogP contribution in [0.4, 0.5) is 5.69 Å². The number of carbonyl (C=O) groups is 2. The monoisotopic (exact) mass is 349 g/mol. The maximum absolute atomic E-state index is 13.2. The molecule has 134 valence electrons. The molecule has 5 rings (SSSR count). The summed E-state index contributed by atoms with van der Waals surface area (Å²) >= 11 is 0. The van der Waals surface area contributed by atoms with Crippen LogP contribution in [-0.4, -0.2) is 18.9 Å². The van der Waals surface area contributed by atoms with Crippen molar-refractivity contribution < 1.29 is 14.3 Å². The standard InChI is InChI=1S/C22H23NO3/c1-26-15-9-7-14(8-10-15)23-21(24)19-16-11-12-17(20(19)22(23)25)18(16)13-5-3-2-4-6-13/h7-12,16-17,19-20H,2-6H2,1H3/t16-,17-,19+,20+/m1/s1. The lowest BCUT2D eigenvalue weighted by atomic mass is 9.85. The minimum Gasteiger partial charge on any atom is -0.497 e. The number of imide groups is 1. The van der Waals surface area contributed by atoms with Crippen LogP contribution in [0.2, 0.25) is 0 Å². The molecule has 2 bridgehead atoms. The van der Waals surface area contributed by atoms with E-state index in [0.29, 0.717) is 5.69 Å². The lowest BCUT2D eigenvalue weighted by Crippen LogP contribution is -2.33. The van der Waals surface area contributed by atoms with E-state index < -0.39 is 0 Å². The average Bonchev–Trinajstić information content (AvgIpc) is 3.32. The number of ether oxygens (including phenoxy) is 1. The summed E-state index contributed by atoms with van der Waals surface area (Å²) in [6, 6.07) is 7.19. The van der Waals surface area contributed by atoms with E-state index in [1.807, 2.05) is 0 Å². The van der Waals surface area contributed by atoms with Gasteiger partial charge in [0.25, 0.3) is 0 Å². The molecule has 1 heterocycles. The predicted octanol–water partition coefficient (Wildman–Crippen LogP) is 3.88. The van der Waals surface area contributed by atoms with Crippen molar-refractivity contribution in [1.82, 2.24) is 0 Å². The van der Waals surface area contributed by atoms with Crippen LogP contribution in [0.15, 0.2) is 47.6 Å². The lowest BCUT2D eigenvalue weighted by molar-refractivity contribution is -0.122. The molecule has 0 aromatic heterocycles. The molecule has 26 heavy (non-hydrogen) atoms. The van der Waals surface area contributed by atoms with Crippen LogP contribution < -0.4 is 9.64 Å². The number of amides is 2. The number of fused-ring (bicyclic) bond motifs is 5. The van der Waals surface area contributed by atoms with Crippen LogP contribution in [0.5, 0.6) is 5.75 Å². The van der Waals surface area contributed by atoms with E-state index in [0.717, 1.165) is 18.6 Å². The van der Waals surface area contributed by atoms with Crippen LogP contribution in [0.3, 0.4) is 0 Å². The number of nitrogens with zero attached hydrogens (tertiary/aromatic N) is 1. The quantitative estimate of drug-likeness (QED) is 0.601. The Bertz CT molecular complexity index is 793. The number of rotatable bonds is 2. The summed E-state index contributed by atoms with van der Waals surface area (Å²) in [6.07, 6.45) is 10.5. The highest BCUT2D eigenvalue weighted by Crippen LogP contribution is 2.58. The molecule has 4 atom stereocenters. The fraction of sp³-hybridized carbons (Fsp3) is 0.455. The van der Waals surface area contributed by atoms with Crippen LogP contribution in [0.1, 0.15) is 32.1 Å². The Hall–Kier alpha value is -2.36. The minimum atomic E-state index is -0.205. The predicted molar refractivity (Wildman–Crippen MR) is 98.7 cm³/mol. The molecule has 4 aliphatic rings. The molecule has 4 nitrogen and oxygen atoms in total. The molecule has 0 radical (unpaired) electrons. The summed E-state index contributed by atoms with van der Waals surface area (Å²) in [5.74, 6) is 0.523. The summed E-state index contributed by atoms with van der Waals surface area (Å²) < 4.78 is 5.18. The fourth-order valence-electron chi connectivity index (χ4n) is 5.49. The Labute approximate surface area is 153 Å². The van der Waals surface area contributed by atoms with Gasteiger partial charge in [-0.05, 0) is 49.9 Å². The molecule has 1 aromatic carbocycles. The molecular formula is C22H23NO3. The summed E-state index contributed by atoms with van der Waals surface area (Å²) in [5, 5.41) is 0. The smallest absolute Gasteiger partial charge is 0.238 e. The highest BCUT2D eigenvalue weighted by atomic mass is 16.5. The SMILES string of the molecule is COc1ccc(N2C(=O)[C@@H]3[C@@H](C2=O)[C@@H]2C=C[C@@H]3C2=C2CCCCC2)cc1. The normalized spacial score (nSPS) is 32.6. The van der Waals surface area contributed by atoms with Crippen molar-refractivity contribution in [3.63, 3.8) is 0 Å². The molecule has 4 heteroatoms. The van der Waals surface area contributed by atoms with Crippen molar-refractivity contribution in [3.8, 4) is 5.75 Å². The summed E-state index contributed by atoms with van der Waals surface area (Å²) in [6.45, 7) is 0. The van der Waals surface area contributed by atoms with E-state index in [1.54, 1.807) is 31.4 Å². The van der Waals surface area contributed by atoms with Crippen molar-refractivity contribution in [2.75, 3.05) is 12.0 Å². The van der Waals surface area contributed by atoms with Gasteiger partial charge in [-0.2, -0.15) is 0 Å². The Morgan fingerprint density at radius 2 is 1.46 bits per heavy atom. The van der Waals surface area contributed by atoms with E-state index in [1.165, 1.54) is 35.3 Å². The second-order valence-corrected chi connectivity index (χ2v) is 7.82. The second-order valence-electron chi connectivity index (χ2n) is 7.82. The van der Waals surface area contributed by atoms with E-state index >= 15 is 0 Å². The number of hydrogen-bond acceptors (Lipinski definition) is 3. The van der Waals surface area contributed by atoms with Crippen LogP contribution in [0.25, 0.3) is 0 Å². The van der Waals surface area contributed by atoms with Crippen molar-refractivity contribution in [2.24, 2.45) is 23.7 Å². The number of allylic oxidation sites excluding steroid dienone is 4. The Morgan fingerprint density at radius 3 is 2.00 bits per heavy atom. The first-order valence-electron chi connectivity index (χ1n) is 9.62. The Morgan fingerprint density at radius 1 is 0.885 bits per heavy atom. The first kappa shape index (κ1) is 15.9. The third-order valence-electron chi connectivity index (χ3n) is 6.61. The molecule has 1 aliphatic heterocycles. The van der Waals surface area contributed by atoms with Gasteiger partial charge >= 0.3 is 0 Å². The zero-order chi connectivity index (χ0) is 17.8. The molecule has 0 unspecified atom stereocenters. The molecule has 1 saturated heterocycles. The third kappa shape index (κ3) is 2.08. The molecule has 0 spiro atoms. The fourth-order valence-corrected chi connectivity index (χ4v) is 5.49. The Balaban J connectivity index is 1.49. The van der Waals surface area contributed by atoms with Crippen molar-refractivity contribution in [1.29, 1.82) is 0 Å². The maximum atomic E-state index is 13.2. The van der Waals surface area contributed by atoms with Gasteiger partial charge in [0.15, 0.2) is 0 Å². The van der Waals surface area contributed by atoms with Crippen LogP contribution >= 0.6 is 0 Å². The van der Waals surface area contributed by atoms with E-state index in [2.05, 4.69) is 12.2 Å². The van der Waals surface area contributed by atoms with E-state index in [9.17, 15) is 9.59 Å². The van der Waals surface area contributed by atoms with Gasteiger partial charge in [-0.3, -0.25) is 9.59 Å². The first-order chi connectivity index (χ1) is 12.7. The van der Waals surface area contributed by atoms with Crippen molar-refractivity contribution in [2.45, 2.75) is 32.1 Å². The number of anilines is 1. The summed E-state index contributed by atoms with van der Waals surface area (Å²) in [7, 11) is 1.61. The average molecular weight is 349 g/mol. The highest BCUT2D eigenvalue weighted by Gasteiger charge is 2.62. The Kier molecular flexibility index (Phi) is 3.56. The molecule has 2 saturated carbocycles. The lowest BCUT2D eigenvalue weighted by Gasteiger charge is -2.23. The molecule has 1 aromatic rings.